The third kappa shape index (κ3) is 3.55. The third-order valence-corrected chi connectivity index (χ3v) is 4.79. The van der Waals surface area contributed by atoms with Crippen LogP contribution in [0.4, 0.5) is 0 Å². The second kappa shape index (κ2) is 7.60. The lowest BCUT2D eigenvalue weighted by molar-refractivity contribution is 0.0935. The molecule has 5 nitrogen and oxygen atoms in total. The van der Waals surface area contributed by atoms with E-state index in [4.69, 9.17) is 10.5 Å². The summed E-state index contributed by atoms with van der Waals surface area (Å²) in [6.07, 6.45) is 4.15. The summed E-state index contributed by atoms with van der Waals surface area (Å²) in [6, 6.07) is 17.5. The number of nitrogens with two attached hydrogens (primary N) is 1. The van der Waals surface area contributed by atoms with Gasteiger partial charge in [0.1, 0.15) is 12.4 Å². The summed E-state index contributed by atoms with van der Waals surface area (Å²) in [5.74, 6) is 0.662. The largest absolute Gasteiger partial charge is 0.487 e. The van der Waals surface area contributed by atoms with Crippen LogP contribution in [0.5, 0.6) is 5.75 Å². The molecule has 136 valence electrons. The molecule has 0 radical (unpaired) electrons. The quantitative estimate of drug-likeness (QED) is 0.731. The molecule has 2 heterocycles. The van der Waals surface area contributed by atoms with Gasteiger partial charge in [0.2, 0.25) is 0 Å². The lowest BCUT2D eigenvalue weighted by Gasteiger charge is -2.22. The lowest BCUT2D eigenvalue weighted by atomic mass is 9.95. The van der Waals surface area contributed by atoms with E-state index in [1.165, 1.54) is 0 Å². The first-order valence-electron chi connectivity index (χ1n) is 9.02. The first-order valence-corrected chi connectivity index (χ1v) is 9.02. The molecule has 0 spiro atoms. The van der Waals surface area contributed by atoms with E-state index in [1.54, 1.807) is 12.4 Å². The molecule has 4 rings (SSSR count). The van der Waals surface area contributed by atoms with Crippen LogP contribution in [0.15, 0.2) is 67.0 Å². The van der Waals surface area contributed by atoms with Crippen LogP contribution in [0.25, 0.3) is 11.1 Å². The van der Waals surface area contributed by atoms with Crippen molar-refractivity contribution in [3.8, 4) is 16.9 Å². The van der Waals surface area contributed by atoms with Crippen LogP contribution in [0.2, 0.25) is 0 Å². The van der Waals surface area contributed by atoms with Gasteiger partial charge >= 0.3 is 0 Å². The van der Waals surface area contributed by atoms with E-state index >= 15 is 0 Å². The fourth-order valence-corrected chi connectivity index (χ4v) is 3.41. The highest BCUT2D eigenvalue weighted by Crippen LogP contribution is 2.36. The van der Waals surface area contributed by atoms with Crippen LogP contribution < -0.4 is 15.8 Å². The maximum atomic E-state index is 12.8. The zero-order chi connectivity index (χ0) is 18.6. The van der Waals surface area contributed by atoms with Gasteiger partial charge in [0.15, 0.2) is 0 Å². The highest BCUT2D eigenvalue weighted by molar-refractivity contribution is 5.95. The fraction of sp³-hybridized carbons (Fsp3) is 0.182. The minimum absolute atomic E-state index is 0.109. The van der Waals surface area contributed by atoms with Gasteiger partial charge in [-0.2, -0.15) is 0 Å². The van der Waals surface area contributed by atoms with E-state index in [0.717, 1.165) is 28.0 Å². The van der Waals surface area contributed by atoms with Crippen LogP contribution >= 0.6 is 0 Å². The van der Waals surface area contributed by atoms with Crippen LogP contribution in [-0.4, -0.2) is 17.4 Å². The highest BCUT2D eigenvalue weighted by atomic mass is 16.5. The molecule has 1 aromatic heterocycles. The first kappa shape index (κ1) is 17.2. The van der Waals surface area contributed by atoms with E-state index in [0.29, 0.717) is 25.1 Å². The van der Waals surface area contributed by atoms with Gasteiger partial charge in [-0.1, -0.05) is 36.4 Å². The van der Waals surface area contributed by atoms with Crippen LogP contribution in [0.3, 0.4) is 0 Å². The number of rotatable bonds is 5. The van der Waals surface area contributed by atoms with Crippen molar-refractivity contribution in [3.05, 3.63) is 83.7 Å². The van der Waals surface area contributed by atoms with Gasteiger partial charge in [-0.25, -0.2) is 0 Å². The van der Waals surface area contributed by atoms with Gasteiger partial charge in [0, 0.05) is 17.3 Å². The van der Waals surface area contributed by atoms with Gasteiger partial charge in [0.05, 0.1) is 12.2 Å². The standard InChI is InChI=1S/C22H21N3O2/c23-10-8-20(15-4-2-1-3-5-15)25-22(26)16-6-7-18-17(12-16)14-27-21-13-24-11-9-19(18)21/h1-7,9,11-13,20H,8,10,14,23H2,(H,25,26)/t20-/m1/s1. The van der Waals surface area contributed by atoms with Gasteiger partial charge < -0.3 is 15.8 Å². The van der Waals surface area contributed by atoms with Crippen LogP contribution in [0, 0.1) is 0 Å². The Labute approximate surface area is 158 Å². The molecule has 1 atom stereocenters. The molecule has 3 N–H and O–H groups in total. The zero-order valence-corrected chi connectivity index (χ0v) is 14.9. The van der Waals surface area contributed by atoms with Gasteiger partial charge in [-0.3, -0.25) is 9.78 Å². The molecule has 0 aliphatic carbocycles. The van der Waals surface area contributed by atoms with Gasteiger partial charge in [-0.05, 0) is 47.9 Å². The summed E-state index contributed by atoms with van der Waals surface area (Å²) in [6.45, 7) is 0.933. The number of nitrogens with zero attached hydrogens (tertiary/aromatic N) is 1. The monoisotopic (exact) mass is 359 g/mol. The van der Waals surface area contributed by atoms with Crippen molar-refractivity contribution in [3.63, 3.8) is 0 Å². The Morgan fingerprint density at radius 2 is 2.00 bits per heavy atom. The Morgan fingerprint density at radius 3 is 2.81 bits per heavy atom. The fourth-order valence-electron chi connectivity index (χ4n) is 3.41. The van der Waals surface area contributed by atoms with E-state index in [-0.39, 0.29) is 11.9 Å². The third-order valence-electron chi connectivity index (χ3n) is 4.79. The number of aromatic nitrogens is 1. The van der Waals surface area contributed by atoms with Gasteiger partial charge in [0.25, 0.3) is 5.91 Å². The number of benzene rings is 2. The SMILES string of the molecule is NCC[C@@H](NC(=O)c1ccc2c(c1)COc1cnccc1-2)c1ccccc1. The Hall–Kier alpha value is -3.18. The second-order valence-corrected chi connectivity index (χ2v) is 6.55. The minimum atomic E-state index is -0.111. The maximum Gasteiger partial charge on any atom is 0.251 e. The minimum Gasteiger partial charge on any atom is -0.487 e. The number of amides is 1. The maximum absolute atomic E-state index is 12.8. The molecule has 1 amide bonds. The number of nitrogens with one attached hydrogen (secondary N) is 1. The van der Waals surface area contributed by atoms with Crippen molar-refractivity contribution in [2.75, 3.05) is 6.54 Å². The molecule has 5 heteroatoms. The van der Waals surface area contributed by atoms with Crippen molar-refractivity contribution in [1.82, 2.24) is 10.3 Å². The molecule has 1 aliphatic rings. The average Bonchev–Trinajstić information content (AvgIpc) is 2.73. The average molecular weight is 359 g/mol. The van der Waals surface area contributed by atoms with E-state index in [2.05, 4.69) is 10.3 Å². The molecule has 3 aromatic rings. The summed E-state index contributed by atoms with van der Waals surface area (Å²) in [5, 5.41) is 3.11. The van der Waals surface area contributed by atoms with Crippen molar-refractivity contribution in [1.29, 1.82) is 0 Å². The van der Waals surface area contributed by atoms with Crippen molar-refractivity contribution < 1.29 is 9.53 Å². The Morgan fingerprint density at radius 1 is 1.15 bits per heavy atom. The summed E-state index contributed by atoms with van der Waals surface area (Å²) in [5.41, 5.74) is 10.5. The lowest BCUT2D eigenvalue weighted by Crippen LogP contribution is -2.30. The zero-order valence-electron chi connectivity index (χ0n) is 14.9. The Kier molecular flexibility index (Phi) is 4.85. The van der Waals surface area contributed by atoms with Crippen molar-refractivity contribution in [2.24, 2.45) is 5.73 Å². The molecule has 0 fully saturated rings. The summed E-state index contributed by atoms with van der Waals surface area (Å²) in [4.78, 5) is 16.9. The van der Waals surface area contributed by atoms with E-state index in [9.17, 15) is 4.79 Å². The van der Waals surface area contributed by atoms with Crippen molar-refractivity contribution >= 4 is 5.91 Å². The molecule has 0 saturated carbocycles. The number of hydrogen-bond donors (Lipinski definition) is 2. The molecule has 0 saturated heterocycles. The van der Waals surface area contributed by atoms with Crippen LogP contribution in [0.1, 0.15) is 33.9 Å². The van der Waals surface area contributed by atoms with E-state index in [1.807, 2.05) is 54.6 Å². The Bertz CT molecular complexity index is 957. The highest BCUT2D eigenvalue weighted by Gasteiger charge is 2.20. The van der Waals surface area contributed by atoms with Crippen molar-refractivity contribution in [2.45, 2.75) is 19.1 Å². The number of pyridine rings is 1. The molecule has 0 unspecified atom stereocenters. The summed E-state index contributed by atoms with van der Waals surface area (Å²) < 4.78 is 5.76. The van der Waals surface area contributed by atoms with Crippen LogP contribution in [-0.2, 0) is 6.61 Å². The number of carbonyl (C=O) groups excluding carboxylic acids is 1. The Balaban J connectivity index is 1.58. The summed E-state index contributed by atoms with van der Waals surface area (Å²) in [7, 11) is 0. The number of ether oxygens (including phenoxy) is 1. The molecule has 0 bridgehead atoms. The number of fused-ring (bicyclic) bond motifs is 3. The smallest absolute Gasteiger partial charge is 0.251 e. The topological polar surface area (TPSA) is 77.2 Å². The molecular formula is C22H21N3O2. The van der Waals surface area contributed by atoms with Gasteiger partial charge in [-0.15, -0.1) is 0 Å². The first-order chi connectivity index (χ1) is 13.3. The molecular weight excluding hydrogens is 338 g/mol. The molecule has 2 aromatic carbocycles. The predicted octanol–water partition coefficient (Wildman–Crippen LogP) is 3.46. The second-order valence-electron chi connectivity index (χ2n) is 6.55. The number of hydrogen-bond acceptors (Lipinski definition) is 4. The molecule has 27 heavy (non-hydrogen) atoms. The van der Waals surface area contributed by atoms with E-state index < -0.39 is 0 Å². The normalized spacial score (nSPS) is 13.1. The molecule has 1 aliphatic heterocycles. The summed E-state index contributed by atoms with van der Waals surface area (Å²) >= 11 is 0. The number of carbonyl (C=O) groups is 1. The predicted molar refractivity (Wildman–Crippen MR) is 104 cm³/mol.